The summed E-state index contributed by atoms with van der Waals surface area (Å²) in [4.78, 5) is 4.06. The molecular formula is C14H8Cl2FNS. The van der Waals surface area contributed by atoms with Crippen molar-refractivity contribution in [1.29, 1.82) is 0 Å². The molecule has 0 fully saturated rings. The predicted molar refractivity (Wildman–Crippen MR) is 83.7 cm³/mol. The van der Waals surface area contributed by atoms with Gasteiger partial charge in [0.25, 0.3) is 0 Å². The molecule has 0 aliphatic rings. The second-order valence-electron chi connectivity index (χ2n) is 3.68. The molecule has 2 rings (SSSR count). The molecule has 0 heterocycles. The number of halogens is 3. The number of nitrogens with zero attached hydrogens (tertiary/aromatic N) is 1. The summed E-state index contributed by atoms with van der Waals surface area (Å²) < 4.78 is 13.8. The molecule has 2 aromatic carbocycles. The summed E-state index contributed by atoms with van der Waals surface area (Å²) in [6, 6.07) is 9.56. The van der Waals surface area contributed by atoms with Gasteiger partial charge in [-0.3, -0.25) is 4.99 Å². The van der Waals surface area contributed by atoms with E-state index in [-0.39, 0.29) is 5.82 Å². The van der Waals surface area contributed by atoms with Gasteiger partial charge >= 0.3 is 0 Å². The number of benzene rings is 2. The molecule has 0 saturated carbocycles. The van der Waals surface area contributed by atoms with Crippen LogP contribution in [0.4, 0.5) is 10.1 Å². The first kappa shape index (κ1) is 14.1. The summed E-state index contributed by atoms with van der Waals surface area (Å²) in [6.45, 7) is 0. The van der Waals surface area contributed by atoms with Gasteiger partial charge in [0.2, 0.25) is 0 Å². The highest BCUT2D eigenvalue weighted by molar-refractivity contribution is 7.80. The third-order valence-electron chi connectivity index (χ3n) is 2.45. The van der Waals surface area contributed by atoms with E-state index in [1.807, 2.05) is 0 Å². The maximum atomic E-state index is 13.8. The van der Waals surface area contributed by atoms with Gasteiger partial charge in [-0.25, -0.2) is 4.39 Å². The molecule has 0 aliphatic heterocycles. The predicted octanol–water partition coefficient (Wildman–Crippen LogP) is 5.50. The second-order valence-corrected chi connectivity index (χ2v) is 4.77. The van der Waals surface area contributed by atoms with Gasteiger partial charge in [-0.15, -0.1) is 0 Å². The lowest BCUT2D eigenvalue weighted by Gasteiger charge is -2.09. The fourth-order valence-electron chi connectivity index (χ4n) is 1.67. The maximum Gasteiger partial charge on any atom is 0.131 e. The zero-order valence-corrected chi connectivity index (χ0v) is 11.9. The zero-order chi connectivity index (χ0) is 13.8. The number of rotatable bonds is 3. The summed E-state index contributed by atoms with van der Waals surface area (Å²) in [5.41, 5.74) is 1.39. The normalized spacial score (nSPS) is 10.9. The molecule has 0 spiro atoms. The monoisotopic (exact) mass is 311 g/mol. The van der Waals surface area contributed by atoms with E-state index in [2.05, 4.69) is 17.2 Å². The Bertz CT molecular complexity index is 633. The van der Waals surface area contributed by atoms with Gasteiger partial charge in [0, 0.05) is 22.7 Å². The van der Waals surface area contributed by atoms with Crippen LogP contribution in [0.15, 0.2) is 41.4 Å². The van der Waals surface area contributed by atoms with Crippen molar-refractivity contribution in [2.45, 2.75) is 0 Å². The molecule has 0 unspecified atom stereocenters. The van der Waals surface area contributed by atoms with E-state index in [0.717, 1.165) is 0 Å². The quantitative estimate of drug-likeness (QED) is 0.538. The van der Waals surface area contributed by atoms with Crippen LogP contribution >= 0.6 is 35.4 Å². The van der Waals surface area contributed by atoms with E-state index in [1.165, 1.54) is 17.6 Å². The summed E-state index contributed by atoms with van der Waals surface area (Å²) in [5, 5.41) is 2.07. The molecule has 0 aromatic heterocycles. The number of thiocarbonyl (C=S) groups is 1. The third-order valence-corrected chi connectivity index (χ3v) is 3.17. The highest BCUT2D eigenvalue weighted by atomic mass is 35.5. The first-order chi connectivity index (χ1) is 9.13. The fraction of sp³-hybridized carbons (Fsp3) is 0. The van der Waals surface area contributed by atoms with Crippen LogP contribution in [-0.2, 0) is 0 Å². The molecule has 0 bridgehead atoms. The smallest absolute Gasteiger partial charge is 0.131 e. The van der Waals surface area contributed by atoms with Gasteiger partial charge in [0.05, 0.1) is 15.7 Å². The van der Waals surface area contributed by atoms with E-state index in [4.69, 9.17) is 23.2 Å². The van der Waals surface area contributed by atoms with Crippen LogP contribution in [-0.4, -0.2) is 11.6 Å². The van der Waals surface area contributed by atoms with Crippen LogP contribution in [0.3, 0.4) is 0 Å². The average molecular weight is 312 g/mol. The van der Waals surface area contributed by atoms with E-state index in [0.29, 0.717) is 26.9 Å². The molecule has 0 N–H and O–H groups in total. The topological polar surface area (TPSA) is 12.4 Å². The van der Waals surface area contributed by atoms with Crippen LogP contribution in [0, 0.1) is 5.82 Å². The van der Waals surface area contributed by atoms with Crippen molar-refractivity contribution in [3.05, 3.63) is 52.3 Å². The summed E-state index contributed by atoms with van der Waals surface area (Å²) in [5.74, 6) is -0.374. The standard InChI is InChI=1S/C14H8Cl2FNS/c15-11-7-9(18-5-6-19)8-12(16)14(11)10-3-1-2-4-13(10)17/h1-8H. The van der Waals surface area contributed by atoms with Crippen LogP contribution in [0.25, 0.3) is 11.1 Å². The van der Waals surface area contributed by atoms with E-state index in [9.17, 15) is 4.39 Å². The zero-order valence-electron chi connectivity index (χ0n) is 9.61. The first-order valence-corrected chi connectivity index (χ1v) is 6.58. The molecule has 19 heavy (non-hydrogen) atoms. The van der Waals surface area contributed by atoms with Crippen LogP contribution in [0.5, 0.6) is 0 Å². The lowest BCUT2D eigenvalue weighted by atomic mass is 10.0. The van der Waals surface area contributed by atoms with Crippen molar-refractivity contribution in [3.8, 4) is 11.1 Å². The lowest BCUT2D eigenvalue weighted by Crippen LogP contribution is -1.86. The van der Waals surface area contributed by atoms with Gasteiger partial charge in [-0.1, -0.05) is 53.6 Å². The van der Waals surface area contributed by atoms with Crippen LogP contribution < -0.4 is 0 Å². The van der Waals surface area contributed by atoms with Gasteiger partial charge < -0.3 is 0 Å². The van der Waals surface area contributed by atoms with E-state index >= 15 is 0 Å². The number of aliphatic imine (C=N–C) groups is 1. The van der Waals surface area contributed by atoms with Gasteiger partial charge in [0.15, 0.2) is 0 Å². The maximum absolute atomic E-state index is 13.8. The molecule has 1 nitrogen and oxygen atoms in total. The average Bonchev–Trinajstić information content (AvgIpc) is 2.38. The Labute approximate surface area is 125 Å². The fourth-order valence-corrected chi connectivity index (χ4v) is 2.41. The van der Waals surface area contributed by atoms with Crippen LogP contribution in [0.2, 0.25) is 10.0 Å². The summed E-state index contributed by atoms with van der Waals surface area (Å²) >= 11 is 17.0. The molecule has 0 radical (unpaired) electrons. The van der Waals surface area contributed by atoms with Crippen molar-refractivity contribution >= 4 is 52.7 Å². The van der Waals surface area contributed by atoms with E-state index < -0.39 is 0 Å². The van der Waals surface area contributed by atoms with Gasteiger partial charge in [0.1, 0.15) is 5.82 Å². The Morgan fingerprint density at radius 2 is 1.74 bits per heavy atom. The second kappa shape index (κ2) is 6.24. The number of hydrogen-bond acceptors (Lipinski definition) is 2. The molecule has 96 valence electrons. The Morgan fingerprint density at radius 3 is 2.32 bits per heavy atom. The Kier molecular flexibility index (Phi) is 4.64. The summed E-state index contributed by atoms with van der Waals surface area (Å²) in [7, 11) is 0. The van der Waals surface area contributed by atoms with Crippen molar-refractivity contribution < 1.29 is 4.39 Å². The highest BCUT2D eigenvalue weighted by Gasteiger charge is 2.13. The van der Waals surface area contributed by atoms with Crippen molar-refractivity contribution in [2.24, 2.45) is 4.99 Å². The first-order valence-electron chi connectivity index (χ1n) is 5.35. The van der Waals surface area contributed by atoms with Crippen molar-refractivity contribution in [3.63, 3.8) is 0 Å². The number of hydrogen-bond donors (Lipinski definition) is 0. The molecule has 0 saturated heterocycles. The third kappa shape index (κ3) is 3.18. The highest BCUT2D eigenvalue weighted by Crippen LogP contribution is 2.38. The molecule has 0 aliphatic carbocycles. The lowest BCUT2D eigenvalue weighted by molar-refractivity contribution is 0.631. The Balaban J connectivity index is 2.57. The van der Waals surface area contributed by atoms with Crippen LogP contribution in [0.1, 0.15) is 0 Å². The Morgan fingerprint density at radius 1 is 1.11 bits per heavy atom. The largest absolute Gasteiger partial charge is 0.256 e. The van der Waals surface area contributed by atoms with Crippen molar-refractivity contribution in [2.75, 3.05) is 0 Å². The molecule has 5 heteroatoms. The Hall–Kier alpha value is -1.29. The van der Waals surface area contributed by atoms with Crippen molar-refractivity contribution in [1.82, 2.24) is 0 Å². The molecular weight excluding hydrogens is 304 g/mol. The van der Waals surface area contributed by atoms with Gasteiger partial charge in [-0.05, 0) is 18.2 Å². The molecule has 0 amide bonds. The minimum Gasteiger partial charge on any atom is -0.256 e. The SMILES string of the molecule is Fc1ccccc1-c1c(Cl)cc(N=CC=S)cc1Cl. The molecule has 0 atom stereocenters. The van der Waals surface area contributed by atoms with Gasteiger partial charge in [-0.2, -0.15) is 0 Å². The molecule has 2 aromatic rings. The minimum atomic E-state index is -0.374. The summed E-state index contributed by atoms with van der Waals surface area (Å²) in [6.07, 6.45) is 1.46. The van der Waals surface area contributed by atoms with E-state index in [1.54, 1.807) is 30.3 Å². The minimum absolute atomic E-state index is 0.342.